The summed E-state index contributed by atoms with van der Waals surface area (Å²) < 4.78 is 2.17. The first-order valence-electron chi connectivity index (χ1n) is 12.2. The van der Waals surface area contributed by atoms with E-state index >= 15 is 0 Å². The number of hydrogen-bond donors (Lipinski definition) is 1. The van der Waals surface area contributed by atoms with Gasteiger partial charge in [0.1, 0.15) is 6.54 Å². The molecule has 5 rings (SSSR count). The Labute approximate surface area is 206 Å². The molecule has 0 saturated carbocycles. The molecule has 0 unspecified atom stereocenters. The number of rotatable bonds is 7. The van der Waals surface area contributed by atoms with E-state index in [1.54, 1.807) is 4.90 Å². The number of aromatic nitrogens is 1. The van der Waals surface area contributed by atoms with Gasteiger partial charge >= 0.3 is 0 Å². The van der Waals surface area contributed by atoms with Crippen molar-refractivity contribution in [1.29, 1.82) is 0 Å². The fourth-order valence-corrected chi connectivity index (χ4v) is 5.31. The van der Waals surface area contributed by atoms with Crippen LogP contribution in [-0.2, 0) is 18.3 Å². The van der Waals surface area contributed by atoms with Crippen molar-refractivity contribution in [2.75, 3.05) is 6.54 Å². The first-order chi connectivity index (χ1) is 17.0. The number of fused-ring (bicyclic) bond motifs is 2. The van der Waals surface area contributed by atoms with Crippen molar-refractivity contribution < 1.29 is 9.59 Å². The zero-order valence-corrected chi connectivity index (χ0v) is 20.5. The molecule has 2 amide bonds. The Balaban J connectivity index is 1.41. The van der Waals surface area contributed by atoms with Crippen LogP contribution in [0.25, 0.3) is 10.9 Å². The van der Waals surface area contributed by atoms with Crippen LogP contribution in [0.4, 0.5) is 0 Å². The third-order valence-corrected chi connectivity index (χ3v) is 7.21. The number of carbonyl (C=O) groups is 2. The molecule has 178 valence electrons. The van der Waals surface area contributed by atoms with Gasteiger partial charge in [-0.15, -0.1) is 0 Å². The normalized spacial score (nSPS) is 15.9. The summed E-state index contributed by atoms with van der Waals surface area (Å²) in [6.07, 6.45) is 1.74. The van der Waals surface area contributed by atoms with Crippen molar-refractivity contribution in [3.63, 3.8) is 0 Å². The van der Waals surface area contributed by atoms with Crippen molar-refractivity contribution in [3.8, 4) is 0 Å². The Bertz CT molecular complexity index is 1390. The van der Waals surface area contributed by atoms with Crippen LogP contribution in [-0.4, -0.2) is 33.9 Å². The van der Waals surface area contributed by atoms with Crippen LogP contribution in [0.5, 0.6) is 0 Å². The summed E-state index contributed by atoms with van der Waals surface area (Å²) in [5.74, 6) is -0.223. The van der Waals surface area contributed by atoms with Crippen molar-refractivity contribution in [2.24, 2.45) is 7.05 Å². The van der Waals surface area contributed by atoms with Crippen LogP contribution in [0.1, 0.15) is 52.1 Å². The molecule has 1 aromatic heterocycles. The molecule has 0 fully saturated rings. The van der Waals surface area contributed by atoms with Gasteiger partial charge in [-0.25, -0.2) is 0 Å². The van der Waals surface area contributed by atoms with Crippen LogP contribution < -0.4 is 5.32 Å². The molecule has 2 heterocycles. The predicted molar refractivity (Wildman–Crippen MR) is 139 cm³/mol. The minimum absolute atomic E-state index is 0.0144. The number of hydrogen-bond acceptors (Lipinski definition) is 2. The van der Waals surface area contributed by atoms with Gasteiger partial charge in [-0.05, 0) is 49.9 Å². The van der Waals surface area contributed by atoms with Gasteiger partial charge in [-0.2, -0.15) is 0 Å². The number of nitrogens with zero attached hydrogens (tertiary/aromatic N) is 2. The first kappa shape index (κ1) is 22.9. The minimum atomic E-state index is -0.296. The van der Waals surface area contributed by atoms with Gasteiger partial charge in [-0.1, -0.05) is 66.7 Å². The Kier molecular flexibility index (Phi) is 6.16. The molecule has 1 aliphatic heterocycles. The van der Waals surface area contributed by atoms with Crippen molar-refractivity contribution in [2.45, 2.75) is 38.8 Å². The minimum Gasteiger partial charge on any atom is -0.352 e. The van der Waals surface area contributed by atoms with Crippen LogP contribution in [0.15, 0.2) is 78.9 Å². The molecule has 35 heavy (non-hydrogen) atoms. The number of aryl methyl sites for hydroxylation is 2. The fourth-order valence-electron chi connectivity index (χ4n) is 5.31. The molecule has 4 aromatic rings. The van der Waals surface area contributed by atoms with Crippen LogP contribution in [0.3, 0.4) is 0 Å². The monoisotopic (exact) mass is 465 g/mol. The van der Waals surface area contributed by atoms with E-state index in [-0.39, 0.29) is 30.4 Å². The Morgan fingerprint density at radius 3 is 2.46 bits per heavy atom. The average Bonchev–Trinajstić information content (AvgIpc) is 3.28. The summed E-state index contributed by atoms with van der Waals surface area (Å²) in [6.45, 7) is 4.13. The maximum atomic E-state index is 13.5. The number of benzene rings is 3. The number of para-hydroxylation sites is 1. The summed E-state index contributed by atoms with van der Waals surface area (Å²) >= 11 is 0. The lowest BCUT2D eigenvalue weighted by molar-refractivity contribution is -0.122. The predicted octanol–water partition coefficient (Wildman–Crippen LogP) is 5.17. The standard InChI is InChI=1S/C30H31N3O2/c1-20(17-18-22-11-5-4-6-12-22)31-27(34)19-33-29(23-13-7-8-14-24(23)30(33)35)28-21(2)32(3)26-16-10-9-15-25(26)28/h4-16,20,29H,17-19H2,1-3H3,(H,31,34)/t20-,29-/m0/s1. The SMILES string of the molecule is Cc1c([C@@H]2c3ccccc3C(=O)N2CC(=O)N[C@@H](C)CCc2ccccc2)c2ccccc2n1C. The zero-order valence-electron chi connectivity index (χ0n) is 20.5. The maximum Gasteiger partial charge on any atom is 0.255 e. The first-order valence-corrected chi connectivity index (χ1v) is 12.2. The van der Waals surface area contributed by atoms with Crippen LogP contribution in [0, 0.1) is 6.92 Å². The van der Waals surface area contributed by atoms with Gasteiger partial charge in [0.2, 0.25) is 5.91 Å². The highest BCUT2D eigenvalue weighted by molar-refractivity contribution is 6.02. The molecular formula is C30H31N3O2. The van der Waals surface area contributed by atoms with E-state index in [0.29, 0.717) is 5.56 Å². The lowest BCUT2D eigenvalue weighted by atomic mass is 9.95. The lowest BCUT2D eigenvalue weighted by Crippen LogP contribution is -2.42. The number of carbonyl (C=O) groups excluding carboxylic acids is 2. The maximum absolute atomic E-state index is 13.5. The summed E-state index contributed by atoms with van der Waals surface area (Å²) in [7, 11) is 2.05. The molecule has 0 bridgehead atoms. The highest BCUT2D eigenvalue weighted by Gasteiger charge is 2.40. The van der Waals surface area contributed by atoms with Gasteiger partial charge in [0.05, 0.1) is 6.04 Å². The van der Waals surface area contributed by atoms with Gasteiger partial charge in [-0.3, -0.25) is 9.59 Å². The van der Waals surface area contributed by atoms with E-state index in [2.05, 4.69) is 48.1 Å². The summed E-state index contributed by atoms with van der Waals surface area (Å²) in [6, 6.07) is 26.0. The molecule has 1 N–H and O–H groups in total. The third kappa shape index (κ3) is 4.23. The molecule has 2 atom stereocenters. The smallest absolute Gasteiger partial charge is 0.255 e. The van der Waals surface area contributed by atoms with E-state index in [1.807, 2.05) is 61.5 Å². The van der Waals surface area contributed by atoms with Crippen molar-refractivity contribution >= 4 is 22.7 Å². The second-order valence-electron chi connectivity index (χ2n) is 9.49. The van der Waals surface area contributed by atoms with E-state index < -0.39 is 0 Å². The number of nitrogens with one attached hydrogen (secondary N) is 1. The van der Waals surface area contributed by atoms with Crippen LogP contribution >= 0.6 is 0 Å². The summed E-state index contributed by atoms with van der Waals surface area (Å²) in [5.41, 5.74) is 6.20. The van der Waals surface area contributed by atoms with Crippen molar-refractivity contribution in [1.82, 2.24) is 14.8 Å². The van der Waals surface area contributed by atoms with Crippen molar-refractivity contribution in [3.05, 3.63) is 107 Å². The van der Waals surface area contributed by atoms with E-state index in [0.717, 1.165) is 40.6 Å². The molecule has 0 spiro atoms. The number of amides is 2. The second-order valence-corrected chi connectivity index (χ2v) is 9.49. The fraction of sp³-hybridized carbons (Fsp3) is 0.267. The molecule has 0 radical (unpaired) electrons. The highest BCUT2D eigenvalue weighted by atomic mass is 16.2. The zero-order chi connectivity index (χ0) is 24.5. The third-order valence-electron chi connectivity index (χ3n) is 7.21. The molecule has 5 heteroatoms. The molecule has 0 aliphatic carbocycles. The van der Waals surface area contributed by atoms with Gasteiger partial charge < -0.3 is 14.8 Å². The second kappa shape index (κ2) is 9.41. The molecule has 1 aliphatic rings. The van der Waals surface area contributed by atoms with Gasteiger partial charge in [0, 0.05) is 40.8 Å². The lowest BCUT2D eigenvalue weighted by Gasteiger charge is -2.26. The Hall–Kier alpha value is -3.86. The van der Waals surface area contributed by atoms with E-state index in [4.69, 9.17) is 0 Å². The highest BCUT2D eigenvalue weighted by Crippen LogP contribution is 2.43. The van der Waals surface area contributed by atoms with Gasteiger partial charge in [0.25, 0.3) is 5.91 Å². The van der Waals surface area contributed by atoms with E-state index in [9.17, 15) is 9.59 Å². The average molecular weight is 466 g/mol. The van der Waals surface area contributed by atoms with Crippen LogP contribution in [0.2, 0.25) is 0 Å². The molecular weight excluding hydrogens is 434 g/mol. The summed E-state index contributed by atoms with van der Waals surface area (Å²) in [4.78, 5) is 28.4. The quantitative estimate of drug-likeness (QED) is 0.409. The summed E-state index contributed by atoms with van der Waals surface area (Å²) in [5, 5.41) is 4.23. The topological polar surface area (TPSA) is 54.3 Å². The Morgan fingerprint density at radius 1 is 0.971 bits per heavy atom. The molecule has 3 aromatic carbocycles. The molecule has 5 nitrogen and oxygen atoms in total. The van der Waals surface area contributed by atoms with Gasteiger partial charge in [0.15, 0.2) is 0 Å². The largest absolute Gasteiger partial charge is 0.352 e. The Morgan fingerprint density at radius 2 is 1.66 bits per heavy atom. The molecule has 0 saturated heterocycles. The van der Waals surface area contributed by atoms with E-state index in [1.165, 1.54) is 5.56 Å².